The molecule has 0 aliphatic rings. The molecule has 1 unspecified atom stereocenters. The van der Waals surface area contributed by atoms with Crippen LogP contribution in [0.15, 0.2) is 0 Å². The Kier molecular flexibility index (Phi) is 8.63. The minimum atomic E-state index is -0.474. The van der Waals surface area contributed by atoms with E-state index in [2.05, 4.69) is 0 Å². The second-order valence-electron chi connectivity index (χ2n) is 3.37. The molecular formula is C7H17Cl2NO2. The fraction of sp³-hybridized carbons (Fsp3) is 1.00. The number of nitrogens with zero attached hydrogens (tertiary/aromatic N) is 1. The number of hydrogen-bond acceptors (Lipinski definition) is 2. The largest absolute Gasteiger partial charge is 1.00 e. The fourth-order valence-electron chi connectivity index (χ4n) is 0.981. The maximum absolute atomic E-state index is 9.19. The average Bonchev–Trinajstić information content (AvgIpc) is 1.86. The Morgan fingerprint density at radius 2 is 1.92 bits per heavy atom. The van der Waals surface area contributed by atoms with Crippen molar-refractivity contribution >= 4 is 11.6 Å². The van der Waals surface area contributed by atoms with E-state index in [0.717, 1.165) is 0 Å². The molecule has 0 fully saturated rings. The molecule has 0 saturated carbocycles. The van der Waals surface area contributed by atoms with Gasteiger partial charge in [-0.25, -0.2) is 0 Å². The number of likely N-dealkylation sites (N-methyl/N-ethyl adjacent to an activating group) is 1. The Morgan fingerprint density at radius 3 is 2.25 bits per heavy atom. The molecule has 76 valence electrons. The first kappa shape index (κ1) is 15.0. The average molecular weight is 218 g/mol. The summed E-state index contributed by atoms with van der Waals surface area (Å²) < 4.78 is 0.602. The monoisotopic (exact) mass is 217 g/mol. The highest BCUT2D eigenvalue weighted by Crippen LogP contribution is 2.00. The summed E-state index contributed by atoms with van der Waals surface area (Å²) in [6.45, 7) is 1.38. The lowest BCUT2D eigenvalue weighted by atomic mass is 10.3. The van der Waals surface area contributed by atoms with Gasteiger partial charge in [0.05, 0.1) is 26.6 Å². The van der Waals surface area contributed by atoms with E-state index in [1.54, 1.807) is 0 Å². The van der Waals surface area contributed by atoms with Gasteiger partial charge in [-0.05, 0) is 0 Å². The Morgan fingerprint density at radius 1 is 1.42 bits per heavy atom. The highest BCUT2D eigenvalue weighted by Gasteiger charge is 2.18. The third kappa shape index (κ3) is 7.13. The zero-order valence-corrected chi connectivity index (χ0v) is 9.02. The van der Waals surface area contributed by atoms with Crippen LogP contribution in [0, 0.1) is 0 Å². The molecule has 0 aromatic heterocycles. The van der Waals surface area contributed by atoms with Crippen molar-refractivity contribution in [2.45, 2.75) is 6.10 Å². The van der Waals surface area contributed by atoms with Gasteiger partial charge in [-0.1, -0.05) is 0 Å². The van der Waals surface area contributed by atoms with E-state index in [1.807, 2.05) is 14.1 Å². The molecule has 0 heterocycles. The third-order valence-corrected chi connectivity index (χ3v) is 1.94. The van der Waals surface area contributed by atoms with E-state index in [-0.39, 0.29) is 24.9 Å². The summed E-state index contributed by atoms with van der Waals surface area (Å²) in [6.07, 6.45) is -0.474. The van der Waals surface area contributed by atoms with Crippen molar-refractivity contribution in [1.29, 1.82) is 0 Å². The molecule has 5 heteroatoms. The molecule has 0 aromatic carbocycles. The quantitative estimate of drug-likeness (QED) is 0.374. The molecule has 0 radical (unpaired) electrons. The molecule has 0 saturated heterocycles. The Bertz CT molecular complexity index is 112. The topological polar surface area (TPSA) is 40.5 Å². The molecule has 12 heavy (non-hydrogen) atoms. The van der Waals surface area contributed by atoms with Gasteiger partial charge in [0.1, 0.15) is 19.2 Å². The van der Waals surface area contributed by atoms with Crippen molar-refractivity contribution in [2.75, 3.05) is 39.7 Å². The van der Waals surface area contributed by atoms with Crippen LogP contribution in [0.3, 0.4) is 0 Å². The molecule has 0 aromatic rings. The lowest BCUT2D eigenvalue weighted by Crippen LogP contribution is -3.00. The van der Waals surface area contributed by atoms with Gasteiger partial charge in [0, 0.05) is 0 Å². The van der Waals surface area contributed by atoms with Gasteiger partial charge in [-0.3, -0.25) is 0 Å². The number of hydrogen-bond donors (Lipinski definition) is 2. The normalized spacial score (nSPS) is 13.8. The number of aliphatic hydroxyl groups is 2. The van der Waals surface area contributed by atoms with E-state index < -0.39 is 6.10 Å². The van der Waals surface area contributed by atoms with Crippen LogP contribution in [0.1, 0.15) is 0 Å². The lowest BCUT2D eigenvalue weighted by molar-refractivity contribution is -0.893. The summed E-state index contributed by atoms with van der Waals surface area (Å²) >= 11 is 5.44. The molecular weight excluding hydrogens is 201 g/mol. The van der Waals surface area contributed by atoms with Gasteiger partial charge in [0.15, 0.2) is 0 Å². The van der Waals surface area contributed by atoms with Crippen LogP contribution >= 0.6 is 11.6 Å². The maximum atomic E-state index is 9.19. The smallest absolute Gasteiger partial charge is 0.116 e. The summed E-state index contributed by atoms with van der Waals surface area (Å²) in [6, 6.07) is 0. The Hall–Kier alpha value is 0.460. The Labute approximate surface area is 84.9 Å². The fourth-order valence-corrected chi connectivity index (χ4v) is 1.08. The maximum Gasteiger partial charge on any atom is 0.116 e. The van der Waals surface area contributed by atoms with Gasteiger partial charge in [-0.2, -0.15) is 0 Å². The molecule has 0 spiro atoms. The van der Waals surface area contributed by atoms with Crippen molar-refractivity contribution in [1.82, 2.24) is 0 Å². The summed E-state index contributed by atoms with van der Waals surface area (Å²) in [5.74, 6) is 0.257. The van der Waals surface area contributed by atoms with E-state index in [9.17, 15) is 5.11 Å². The summed E-state index contributed by atoms with van der Waals surface area (Å²) in [4.78, 5) is 0. The number of aliphatic hydroxyl groups excluding tert-OH is 2. The SMILES string of the molecule is C[N+](C)(CCO)CC(O)CCl.[Cl-]. The van der Waals surface area contributed by atoms with Crippen LogP contribution < -0.4 is 12.4 Å². The van der Waals surface area contributed by atoms with Crippen molar-refractivity contribution in [3.05, 3.63) is 0 Å². The van der Waals surface area contributed by atoms with E-state index in [0.29, 0.717) is 17.6 Å². The highest BCUT2D eigenvalue weighted by molar-refractivity contribution is 6.18. The molecule has 0 aliphatic carbocycles. The number of alkyl halides is 1. The van der Waals surface area contributed by atoms with E-state index >= 15 is 0 Å². The molecule has 3 nitrogen and oxygen atoms in total. The second-order valence-corrected chi connectivity index (χ2v) is 3.68. The van der Waals surface area contributed by atoms with Crippen LogP contribution in [0.2, 0.25) is 0 Å². The third-order valence-electron chi connectivity index (χ3n) is 1.59. The number of rotatable bonds is 5. The number of quaternary nitrogens is 1. The summed E-state index contributed by atoms with van der Waals surface area (Å²) in [7, 11) is 3.90. The second kappa shape index (κ2) is 6.92. The minimum absolute atomic E-state index is 0. The van der Waals surface area contributed by atoms with Crippen molar-refractivity contribution in [2.24, 2.45) is 0 Å². The van der Waals surface area contributed by atoms with Crippen molar-refractivity contribution < 1.29 is 27.1 Å². The predicted molar refractivity (Wildman–Crippen MR) is 45.7 cm³/mol. The molecule has 0 amide bonds. The van der Waals surface area contributed by atoms with Crippen LogP contribution in [-0.4, -0.2) is 60.5 Å². The van der Waals surface area contributed by atoms with Gasteiger partial charge in [0.25, 0.3) is 0 Å². The molecule has 2 N–H and O–H groups in total. The number of halogens is 2. The van der Waals surface area contributed by atoms with Gasteiger partial charge in [-0.15, -0.1) is 11.6 Å². The highest BCUT2D eigenvalue weighted by atomic mass is 35.5. The first-order valence-electron chi connectivity index (χ1n) is 3.69. The van der Waals surface area contributed by atoms with Crippen molar-refractivity contribution in [3.63, 3.8) is 0 Å². The van der Waals surface area contributed by atoms with Crippen LogP contribution in [0.4, 0.5) is 0 Å². The van der Waals surface area contributed by atoms with Crippen molar-refractivity contribution in [3.8, 4) is 0 Å². The molecule has 1 atom stereocenters. The summed E-state index contributed by atoms with van der Waals surface area (Å²) in [5, 5.41) is 17.8. The van der Waals surface area contributed by atoms with Crippen LogP contribution in [-0.2, 0) is 0 Å². The molecule has 0 aliphatic heterocycles. The van der Waals surface area contributed by atoms with Crippen LogP contribution in [0.25, 0.3) is 0 Å². The first-order chi connectivity index (χ1) is 5.02. The minimum Gasteiger partial charge on any atom is -1.00 e. The zero-order valence-electron chi connectivity index (χ0n) is 7.50. The van der Waals surface area contributed by atoms with E-state index in [1.165, 1.54) is 0 Å². The van der Waals surface area contributed by atoms with Gasteiger partial charge >= 0.3 is 0 Å². The Balaban J connectivity index is 0. The summed E-state index contributed by atoms with van der Waals surface area (Å²) in [5.41, 5.74) is 0. The zero-order chi connectivity index (χ0) is 8.91. The van der Waals surface area contributed by atoms with Gasteiger partial charge < -0.3 is 27.1 Å². The lowest BCUT2D eigenvalue weighted by Gasteiger charge is -2.30. The standard InChI is InChI=1S/C7H17ClNO2.ClH/c1-9(2,3-4-10)6-7(11)5-8;/h7,10-11H,3-6H2,1-2H3;1H/q+1;/p-1. The van der Waals surface area contributed by atoms with Crippen LogP contribution in [0.5, 0.6) is 0 Å². The molecule has 0 rings (SSSR count). The predicted octanol–water partition coefficient (Wildman–Crippen LogP) is -3.34. The van der Waals surface area contributed by atoms with E-state index in [4.69, 9.17) is 16.7 Å². The van der Waals surface area contributed by atoms with Gasteiger partial charge in [0.2, 0.25) is 0 Å². The first-order valence-corrected chi connectivity index (χ1v) is 4.22. The molecule has 0 bridgehead atoms.